The molecule has 1 saturated heterocycles. The average molecular weight is 334 g/mol. The molecular weight excluding hydrogens is 308 g/mol. The van der Waals surface area contributed by atoms with Crippen LogP contribution in [0.5, 0.6) is 5.75 Å². The lowest BCUT2D eigenvalue weighted by molar-refractivity contribution is -0.132. The van der Waals surface area contributed by atoms with E-state index in [-0.39, 0.29) is 24.3 Å². The SMILES string of the molecule is COc1ccc(CN(C)C(=O)CN2CCCCC2/C(N)=N/O)cc1. The first-order valence-electron chi connectivity index (χ1n) is 8.13. The number of likely N-dealkylation sites (tertiary alicyclic amines) is 1. The van der Waals surface area contributed by atoms with Crippen LogP contribution >= 0.6 is 0 Å². The van der Waals surface area contributed by atoms with E-state index >= 15 is 0 Å². The minimum Gasteiger partial charge on any atom is -0.497 e. The summed E-state index contributed by atoms with van der Waals surface area (Å²) < 4.78 is 5.14. The lowest BCUT2D eigenvalue weighted by atomic mass is 10.0. The molecule has 1 aromatic rings. The number of methoxy groups -OCH3 is 1. The molecule has 0 saturated carbocycles. The van der Waals surface area contributed by atoms with Gasteiger partial charge in [0.05, 0.1) is 19.7 Å². The van der Waals surface area contributed by atoms with Gasteiger partial charge in [-0.05, 0) is 37.1 Å². The van der Waals surface area contributed by atoms with Crippen LogP contribution in [0.25, 0.3) is 0 Å². The van der Waals surface area contributed by atoms with Crippen molar-refractivity contribution in [1.29, 1.82) is 0 Å². The van der Waals surface area contributed by atoms with Gasteiger partial charge >= 0.3 is 0 Å². The molecule has 7 nitrogen and oxygen atoms in total. The summed E-state index contributed by atoms with van der Waals surface area (Å²) in [6.07, 6.45) is 2.85. The van der Waals surface area contributed by atoms with Crippen molar-refractivity contribution in [2.45, 2.75) is 31.8 Å². The van der Waals surface area contributed by atoms with Gasteiger partial charge in [0.2, 0.25) is 5.91 Å². The summed E-state index contributed by atoms with van der Waals surface area (Å²) in [5.74, 6) is 0.992. The van der Waals surface area contributed by atoms with Gasteiger partial charge in [-0.1, -0.05) is 23.7 Å². The molecule has 1 fully saturated rings. The molecule has 0 spiro atoms. The summed E-state index contributed by atoms with van der Waals surface area (Å²) in [5, 5.41) is 12.0. The van der Waals surface area contributed by atoms with E-state index in [2.05, 4.69) is 5.16 Å². The standard InChI is InChI=1S/C17H26N4O3/c1-20(11-13-6-8-14(24-2)9-7-13)16(22)12-21-10-4-3-5-15(21)17(18)19-23/h6-9,15,23H,3-5,10-12H2,1-2H3,(H2,18,19). The number of likely N-dealkylation sites (N-methyl/N-ethyl adjacent to an activating group) is 1. The van der Waals surface area contributed by atoms with Crippen LogP contribution in [-0.4, -0.2) is 60.0 Å². The maximum atomic E-state index is 12.5. The van der Waals surface area contributed by atoms with Gasteiger partial charge in [-0.2, -0.15) is 0 Å². The second-order valence-electron chi connectivity index (χ2n) is 6.10. The molecule has 0 aliphatic carbocycles. The zero-order valence-corrected chi connectivity index (χ0v) is 14.3. The number of nitrogens with two attached hydrogens (primary N) is 1. The van der Waals surface area contributed by atoms with Crippen molar-refractivity contribution < 1.29 is 14.7 Å². The Morgan fingerprint density at radius 3 is 2.75 bits per heavy atom. The molecule has 1 aliphatic heterocycles. The number of rotatable bonds is 6. The first kappa shape index (κ1) is 18.1. The van der Waals surface area contributed by atoms with Crippen LogP contribution in [0.15, 0.2) is 29.4 Å². The number of oxime groups is 1. The molecule has 1 amide bonds. The largest absolute Gasteiger partial charge is 0.497 e. The Morgan fingerprint density at radius 2 is 2.12 bits per heavy atom. The molecule has 0 aromatic heterocycles. The number of benzene rings is 1. The lowest BCUT2D eigenvalue weighted by Gasteiger charge is -2.35. The predicted molar refractivity (Wildman–Crippen MR) is 92.1 cm³/mol. The summed E-state index contributed by atoms with van der Waals surface area (Å²) in [5.41, 5.74) is 6.80. The maximum absolute atomic E-state index is 12.5. The van der Waals surface area contributed by atoms with E-state index in [1.54, 1.807) is 19.1 Å². The topological polar surface area (TPSA) is 91.4 Å². The van der Waals surface area contributed by atoms with Crippen molar-refractivity contribution in [3.8, 4) is 5.75 Å². The van der Waals surface area contributed by atoms with Gasteiger partial charge in [0.25, 0.3) is 0 Å². The third-order valence-electron chi connectivity index (χ3n) is 4.41. The van der Waals surface area contributed by atoms with Gasteiger partial charge in [0, 0.05) is 13.6 Å². The van der Waals surface area contributed by atoms with E-state index in [4.69, 9.17) is 15.7 Å². The van der Waals surface area contributed by atoms with E-state index in [9.17, 15) is 4.79 Å². The second kappa shape index (κ2) is 8.54. The van der Waals surface area contributed by atoms with Crippen LogP contribution in [0.4, 0.5) is 0 Å². The van der Waals surface area contributed by atoms with Crippen molar-refractivity contribution in [2.75, 3.05) is 27.2 Å². The Kier molecular flexibility index (Phi) is 6.43. The fraction of sp³-hybridized carbons (Fsp3) is 0.529. The van der Waals surface area contributed by atoms with E-state index < -0.39 is 0 Å². The van der Waals surface area contributed by atoms with E-state index in [0.29, 0.717) is 6.54 Å². The second-order valence-corrected chi connectivity index (χ2v) is 6.10. The number of amidine groups is 1. The summed E-state index contributed by atoms with van der Waals surface area (Å²) >= 11 is 0. The monoisotopic (exact) mass is 334 g/mol. The van der Waals surface area contributed by atoms with Crippen LogP contribution in [0, 0.1) is 0 Å². The lowest BCUT2D eigenvalue weighted by Crippen LogP contribution is -2.51. The molecule has 24 heavy (non-hydrogen) atoms. The Morgan fingerprint density at radius 1 is 1.42 bits per heavy atom. The highest BCUT2D eigenvalue weighted by molar-refractivity contribution is 5.86. The number of carbonyl (C=O) groups is 1. The minimum absolute atomic E-state index is 0.0171. The molecule has 2 rings (SSSR count). The summed E-state index contributed by atoms with van der Waals surface area (Å²) in [6.45, 7) is 1.58. The van der Waals surface area contributed by atoms with Gasteiger partial charge in [0.1, 0.15) is 5.75 Å². The fourth-order valence-electron chi connectivity index (χ4n) is 2.97. The van der Waals surface area contributed by atoms with Crippen LogP contribution in [-0.2, 0) is 11.3 Å². The number of nitrogens with zero attached hydrogens (tertiary/aromatic N) is 3. The van der Waals surface area contributed by atoms with E-state index in [1.807, 2.05) is 29.2 Å². The highest BCUT2D eigenvalue weighted by Crippen LogP contribution is 2.18. The zero-order valence-electron chi connectivity index (χ0n) is 14.3. The number of hydrogen-bond donors (Lipinski definition) is 2. The highest BCUT2D eigenvalue weighted by Gasteiger charge is 2.28. The van der Waals surface area contributed by atoms with Crippen molar-refractivity contribution in [1.82, 2.24) is 9.80 Å². The molecule has 0 radical (unpaired) electrons. The van der Waals surface area contributed by atoms with Crippen LogP contribution in [0.1, 0.15) is 24.8 Å². The Hall–Kier alpha value is -2.28. The van der Waals surface area contributed by atoms with Gasteiger partial charge in [-0.15, -0.1) is 0 Å². The molecule has 1 aromatic carbocycles. The summed E-state index contributed by atoms with van der Waals surface area (Å²) in [4.78, 5) is 16.2. The van der Waals surface area contributed by atoms with Gasteiger partial charge in [-0.3, -0.25) is 9.69 Å². The maximum Gasteiger partial charge on any atom is 0.236 e. The van der Waals surface area contributed by atoms with Crippen LogP contribution in [0.3, 0.4) is 0 Å². The number of amides is 1. The Labute approximate surface area is 142 Å². The highest BCUT2D eigenvalue weighted by atomic mass is 16.5. The van der Waals surface area contributed by atoms with Crippen molar-refractivity contribution in [2.24, 2.45) is 10.9 Å². The van der Waals surface area contributed by atoms with Crippen molar-refractivity contribution in [3.05, 3.63) is 29.8 Å². The molecular formula is C17H26N4O3. The third kappa shape index (κ3) is 4.61. The number of piperidine rings is 1. The summed E-state index contributed by atoms with van der Waals surface area (Å²) in [7, 11) is 3.41. The quantitative estimate of drug-likeness (QED) is 0.354. The van der Waals surface area contributed by atoms with Crippen LogP contribution in [0.2, 0.25) is 0 Å². The number of ether oxygens (including phenoxy) is 1. The molecule has 7 heteroatoms. The number of hydrogen-bond acceptors (Lipinski definition) is 5. The molecule has 1 aliphatic rings. The zero-order chi connectivity index (χ0) is 17.5. The first-order chi connectivity index (χ1) is 11.5. The molecule has 0 bridgehead atoms. The summed E-state index contributed by atoms with van der Waals surface area (Å²) in [6, 6.07) is 7.49. The predicted octanol–water partition coefficient (Wildman–Crippen LogP) is 1.25. The average Bonchev–Trinajstić information content (AvgIpc) is 2.62. The Balaban J connectivity index is 1.94. The fourth-order valence-corrected chi connectivity index (χ4v) is 2.97. The number of carbonyl (C=O) groups excluding carboxylic acids is 1. The van der Waals surface area contributed by atoms with Gasteiger partial charge in [0.15, 0.2) is 5.84 Å². The van der Waals surface area contributed by atoms with Gasteiger partial charge in [-0.25, -0.2) is 0 Å². The van der Waals surface area contributed by atoms with Crippen LogP contribution < -0.4 is 10.5 Å². The molecule has 3 N–H and O–H groups in total. The van der Waals surface area contributed by atoms with Crippen molar-refractivity contribution in [3.63, 3.8) is 0 Å². The van der Waals surface area contributed by atoms with Crippen molar-refractivity contribution >= 4 is 11.7 Å². The third-order valence-corrected chi connectivity index (χ3v) is 4.41. The van der Waals surface area contributed by atoms with E-state index in [0.717, 1.165) is 37.1 Å². The van der Waals surface area contributed by atoms with Gasteiger partial charge < -0.3 is 20.6 Å². The van der Waals surface area contributed by atoms with E-state index in [1.165, 1.54) is 0 Å². The smallest absolute Gasteiger partial charge is 0.236 e. The normalized spacial score (nSPS) is 19.1. The molecule has 1 atom stereocenters. The molecule has 1 unspecified atom stereocenters. The molecule has 1 heterocycles. The minimum atomic E-state index is -0.165. The molecule has 132 valence electrons. The Bertz CT molecular complexity index is 574. The first-order valence-corrected chi connectivity index (χ1v) is 8.13.